The summed E-state index contributed by atoms with van der Waals surface area (Å²) in [5.41, 5.74) is 2.12. The van der Waals surface area contributed by atoms with E-state index in [-0.39, 0.29) is 0 Å². The van der Waals surface area contributed by atoms with Gasteiger partial charge in [-0.1, -0.05) is 23.7 Å². The summed E-state index contributed by atoms with van der Waals surface area (Å²) in [5.74, 6) is 0.478. The molecule has 0 atom stereocenters. The van der Waals surface area contributed by atoms with E-state index in [1.54, 1.807) is 11.3 Å². The predicted octanol–water partition coefficient (Wildman–Crippen LogP) is 4.13. The van der Waals surface area contributed by atoms with Crippen LogP contribution in [0.2, 0.25) is 5.02 Å². The Morgan fingerprint density at radius 3 is 2.87 bits per heavy atom. The van der Waals surface area contributed by atoms with Crippen molar-refractivity contribution >= 4 is 34.5 Å². The topological polar surface area (TPSA) is 12.9 Å². The van der Waals surface area contributed by atoms with E-state index in [1.807, 2.05) is 29.6 Å². The van der Waals surface area contributed by atoms with Gasteiger partial charge in [-0.15, -0.1) is 22.9 Å². The molecule has 0 unspecified atom stereocenters. The van der Waals surface area contributed by atoms with E-state index in [0.717, 1.165) is 22.1 Å². The second-order valence-corrected chi connectivity index (χ2v) is 4.82. The molecule has 15 heavy (non-hydrogen) atoms. The lowest BCUT2D eigenvalue weighted by Gasteiger charge is -1.98. The lowest BCUT2D eigenvalue weighted by molar-refractivity contribution is 1.09. The van der Waals surface area contributed by atoms with Gasteiger partial charge in [-0.05, 0) is 17.7 Å². The molecule has 78 valence electrons. The van der Waals surface area contributed by atoms with Gasteiger partial charge in [0.1, 0.15) is 0 Å². The molecule has 0 saturated heterocycles. The Morgan fingerprint density at radius 2 is 2.20 bits per heavy atom. The van der Waals surface area contributed by atoms with Crippen molar-refractivity contribution in [1.29, 1.82) is 0 Å². The van der Waals surface area contributed by atoms with Crippen molar-refractivity contribution < 1.29 is 0 Å². The highest BCUT2D eigenvalue weighted by atomic mass is 35.5. The van der Waals surface area contributed by atoms with E-state index in [2.05, 4.69) is 4.98 Å². The first-order valence-corrected chi connectivity index (χ1v) is 6.31. The number of thiazole rings is 1. The largest absolute Gasteiger partial charge is 0.245 e. The van der Waals surface area contributed by atoms with Gasteiger partial charge < -0.3 is 0 Å². The van der Waals surface area contributed by atoms with E-state index in [4.69, 9.17) is 23.2 Å². The van der Waals surface area contributed by atoms with E-state index in [0.29, 0.717) is 5.88 Å². The number of hydrogen-bond donors (Lipinski definition) is 0. The molecule has 1 nitrogen and oxygen atoms in total. The molecule has 2 rings (SSSR count). The minimum absolute atomic E-state index is 0.478. The molecule has 1 heterocycles. The first kappa shape index (κ1) is 10.9. The van der Waals surface area contributed by atoms with Crippen LogP contribution in [-0.2, 0) is 12.3 Å². The molecule has 0 radical (unpaired) electrons. The first-order valence-electron chi connectivity index (χ1n) is 4.51. The maximum Gasteiger partial charge on any atom is 0.0972 e. The molecule has 0 fully saturated rings. The molecule has 2 aromatic rings. The molecule has 1 aromatic heterocycles. The minimum Gasteiger partial charge on any atom is -0.245 e. The average molecular weight is 258 g/mol. The van der Waals surface area contributed by atoms with E-state index in [1.165, 1.54) is 5.56 Å². The van der Waals surface area contributed by atoms with Crippen LogP contribution in [0.1, 0.15) is 16.3 Å². The highest BCUT2D eigenvalue weighted by molar-refractivity contribution is 7.09. The third-order valence-corrected chi connectivity index (χ3v) is 3.39. The fourth-order valence-corrected chi connectivity index (χ4v) is 2.58. The molecular weight excluding hydrogens is 249 g/mol. The number of halogens is 2. The molecule has 4 heteroatoms. The van der Waals surface area contributed by atoms with Crippen molar-refractivity contribution in [2.45, 2.75) is 12.3 Å². The summed E-state index contributed by atoms with van der Waals surface area (Å²) in [6.07, 6.45) is 0.822. The lowest BCUT2D eigenvalue weighted by atomic mass is 10.2. The monoisotopic (exact) mass is 257 g/mol. The second kappa shape index (κ2) is 4.97. The van der Waals surface area contributed by atoms with Crippen LogP contribution in [0.5, 0.6) is 0 Å². The SMILES string of the molecule is ClCc1csc(Cc2cccc(Cl)c2)n1. The number of aromatic nitrogens is 1. The Labute approximate surface area is 103 Å². The second-order valence-electron chi connectivity index (χ2n) is 3.17. The summed E-state index contributed by atoms with van der Waals surface area (Å²) in [6.45, 7) is 0. The number of nitrogens with zero attached hydrogens (tertiary/aromatic N) is 1. The van der Waals surface area contributed by atoms with Crippen LogP contribution >= 0.6 is 34.5 Å². The Balaban J connectivity index is 2.14. The fourth-order valence-electron chi connectivity index (χ4n) is 1.31. The molecule has 0 bridgehead atoms. The molecule has 0 aliphatic heterocycles. The highest BCUT2D eigenvalue weighted by Crippen LogP contribution is 2.18. The minimum atomic E-state index is 0.478. The van der Waals surface area contributed by atoms with Gasteiger partial charge in [0, 0.05) is 16.8 Å². The third-order valence-electron chi connectivity index (χ3n) is 1.98. The zero-order valence-corrected chi connectivity index (χ0v) is 10.2. The van der Waals surface area contributed by atoms with Gasteiger partial charge in [0.15, 0.2) is 0 Å². The van der Waals surface area contributed by atoms with E-state index >= 15 is 0 Å². The van der Waals surface area contributed by atoms with Crippen molar-refractivity contribution in [3.63, 3.8) is 0 Å². The van der Waals surface area contributed by atoms with Gasteiger partial charge in [-0.2, -0.15) is 0 Å². The molecule has 0 N–H and O–H groups in total. The van der Waals surface area contributed by atoms with Crippen LogP contribution in [0.3, 0.4) is 0 Å². The molecular formula is C11H9Cl2NS. The van der Waals surface area contributed by atoms with Gasteiger partial charge in [-0.3, -0.25) is 0 Å². The summed E-state index contributed by atoms with van der Waals surface area (Å²) in [5, 5.41) is 3.84. The number of rotatable bonds is 3. The normalized spacial score (nSPS) is 10.5. The summed E-state index contributed by atoms with van der Waals surface area (Å²) in [6, 6.07) is 7.84. The molecule has 0 aliphatic rings. The smallest absolute Gasteiger partial charge is 0.0972 e. The summed E-state index contributed by atoms with van der Waals surface area (Å²) in [7, 11) is 0. The Kier molecular flexibility index (Phi) is 3.62. The maximum atomic E-state index is 5.91. The van der Waals surface area contributed by atoms with Gasteiger partial charge >= 0.3 is 0 Å². The number of hydrogen-bond acceptors (Lipinski definition) is 2. The third kappa shape index (κ3) is 2.94. The highest BCUT2D eigenvalue weighted by Gasteiger charge is 2.02. The number of alkyl halides is 1. The fraction of sp³-hybridized carbons (Fsp3) is 0.182. The maximum absolute atomic E-state index is 5.91. The van der Waals surface area contributed by atoms with Gasteiger partial charge in [0.05, 0.1) is 16.6 Å². The first-order chi connectivity index (χ1) is 7.28. The van der Waals surface area contributed by atoms with Crippen LogP contribution in [0.4, 0.5) is 0 Å². The molecule has 0 amide bonds. The standard InChI is InChI=1S/C11H9Cl2NS/c12-6-10-7-15-11(14-10)5-8-2-1-3-9(13)4-8/h1-4,7H,5-6H2. The van der Waals surface area contributed by atoms with E-state index < -0.39 is 0 Å². The summed E-state index contributed by atoms with van der Waals surface area (Å²) < 4.78 is 0. The molecule has 1 aromatic carbocycles. The van der Waals surface area contributed by atoms with Crippen LogP contribution in [-0.4, -0.2) is 4.98 Å². The molecule has 0 aliphatic carbocycles. The Morgan fingerprint density at radius 1 is 1.33 bits per heavy atom. The van der Waals surface area contributed by atoms with Gasteiger partial charge in [0.2, 0.25) is 0 Å². The van der Waals surface area contributed by atoms with Crippen molar-refractivity contribution in [3.8, 4) is 0 Å². The zero-order chi connectivity index (χ0) is 10.7. The Bertz CT molecular complexity index is 453. The predicted molar refractivity (Wildman–Crippen MR) is 65.9 cm³/mol. The number of benzene rings is 1. The molecule has 0 spiro atoms. The average Bonchev–Trinajstić information content (AvgIpc) is 2.65. The quantitative estimate of drug-likeness (QED) is 0.754. The van der Waals surface area contributed by atoms with Crippen molar-refractivity contribution in [2.24, 2.45) is 0 Å². The zero-order valence-electron chi connectivity index (χ0n) is 7.91. The Hall–Kier alpha value is -0.570. The van der Waals surface area contributed by atoms with E-state index in [9.17, 15) is 0 Å². The van der Waals surface area contributed by atoms with Crippen LogP contribution in [0, 0.1) is 0 Å². The van der Waals surface area contributed by atoms with Crippen LogP contribution < -0.4 is 0 Å². The summed E-state index contributed by atoms with van der Waals surface area (Å²) in [4.78, 5) is 4.40. The van der Waals surface area contributed by atoms with Crippen molar-refractivity contribution in [1.82, 2.24) is 4.98 Å². The lowest BCUT2D eigenvalue weighted by Crippen LogP contribution is -1.87. The van der Waals surface area contributed by atoms with Crippen LogP contribution in [0.25, 0.3) is 0 Å². The van der Waals surface area contributed by atoms with Crippen LogP contribution in [0.15, 0.2) is 29.6 Å². The van der Waals surface area contributed by atoms with Gasteiger partial charge in [-0.25, -0.2) is 4.98 Å². The van der Waals surface area contributed by atoms with Crippen molar-refractivity contribution in [3.05, 3.63) is 50.9 Å². The summed E-state index contributed by atoms with van der Waals surface area (Å²) >= 11 is 13.2. The molecule has 0 saturated carbocycles. The van der Waals surface area contributed by atoms with Crippen molar-refractivity contribution in [2.75, 3.05) is 0 Å². The van der Waals surface area contributed by atoms with Gasteiger partial charge in [0.25, 0.3) is 0 Å².